The Hall–Kier alpha value is -2.43. The Bertz CT molecular complexity index is 679. The van der Waals surface area contributed by atoms with Crippen molar-refractivity contribution >= 4 is 6.03 Å². The Kier molecular flexibility index (Phi) is 6.29. The maximum absolute atomic E-state index is 12.1. The number of furan rings is 1. The van der Waals surface area contributed by atoms with Gasteiger partial charge in [0.1, 0.15) is 17.3 Å². The quantitative estimate of drug-likeness (QED) is 0.785. The van der Waals surface area contributed by atoms with Crippen molar-refractivity contribution < 1.29 is 13.9 Å². The number of urea groups is 1. The molecule has 0 fully saturated rings. The molecule has 0 atom stereocenters. The Labute approximate surface area is 143 Å². The molecule has 1 heterocycles. The molecule has 24 heavy (non-hydrogen) atoms. The Morgan fingerprint density at radius 2 is 2.00 bits per heavy atom. The van der Waals surface area contributed by atoms with Crippen molar-refractivity contribution in [2.75, 3.05) is 20.2 Å². The van der Waals surface area contributed by atoms with Gasteiger partial charge in [-0.25, -0.2) is 4.79 Å². The predicted octanol–water partition coefficient (Wildman–Crippen LogP) is 3.82. The summed E-state index contributed by atoms with van der Waals surface area (Å²) in [4.78, 5) is 13.8. The third kappa shape index (κ3) is 5.05. The van der Waals surface area contributed by atoms with E-state index < -0.39 is 0 Å². The van der Waals surface area contributed by atoms with E-state index in [1.165, 1.54) is 0 Å². The van der Waals surface area contributed by atoms with Crippen LogP contribution in [0.1, 0.15) is 29.1 Å². The number of hydrogen-bond acceptors (Lipinski definition) is 3. The summed E-state index contributed by atoms with van der Waals surface area (Å²) in [6, 6.07) is 9.79. The first-order chi connectivity index (χ1) is 11.5. The van der Waals surface area contributed by atoms with Gasteiger partial charge >= 0.3 is 6.03 Å². The van der Waals surface area contributed by atoms with E-state index in [-0.39, 0.29) is 6.03 Å². The van der Waals surface area contributed by atoms with E-state index in [9.17, 15) is 4.79 Å². The van der Waals surface area contributed by atoms with Crippen LogP contribution < -0.4 is 10.1 Å². The van der Waals surface area contributed by atoms with Crippen LogP contribution in [0.25, 0.3) is 0 Å². The first-order valence-corrected chi connectivity index (χ1v) is 8.20. The van der Waals surface area contributed by atoms with Crippen molar-refractivity contribution in [2.24, 2.45) is 0 Å². The van der Waals surface area contributed by atoms with E-state index in [0.717, 1.165) is 34.8 Å². The molecule has 0 saturated carbocycles. The average molecular weight is 330 g/mol. The predicted molar refractivity (Wildman–Crippen MR) is 94.3 cm³/mol. The third-order valence-electron chi connectivity index (χ3n) is 3.91. The van der Waals surface area contributed by atoms with Crippen LogP contribution in [0.3, 0.4) is 0 Å². The largest absolute Gasteiger partial charge is 0.493 e. The van der Waals surface area contributed by atoms with Crippen molar-refractivity contribution in [1.82, 2.24) is 10.2 Å². The molecule has 0 aliphatic rings. The molecule has 0 bridgehead atoms. The zero-order chi connectivity index (χ0) is 17.5. The van der Waals surface area contributed by atoms with Gasteiger partial charge in [0.25, 0.3) is 0 Å². The van der Waals surface area contributed by atoms with Crippen LogP contribution >= 0.6 is 0 Å². The van der Waals surface area contributed by atoms with E-state index in [4.69, 9.17) is 9.15 Å². The van der Waals surface area contributed by atoms with Gasteiger partial charge in [-0.1, -0.05) is 18.2 Å². The molecule has 1 N–H and O–H groups in total. The molecule has 2 amide bonds. The number of nitrogens with one attached hydrogen (secondary N) is 1. The van der Waals surface area contributed by atoms with Gasteiger partial charge in [0.15, 0.2) is 0 Å². The lowest BCUT2D eigenvalue weighted by molar-refractivity contribution is 0.203. The fraction of sp³-hybridized carbons (Fsp3) is 0.421. The van der Waals surface area contributed by atoms with Crippen LogP contribution in [-0.2, 0) is 6.54 Å². The van der Waals surface area contributed by atoms with Crippen LogP contribution in [0.5, 0.6) is 5.75 Å². The molecule has 0 aliphatic heterocycles. The minimum absolute atomic E-state index is 0.0934. The highest BCUT2D eigenvalue weighted by Crippen LogP contribution is 2.16. The lowest BCUT2D eigenvalue weighted by Gasteiger charge is -2.18. The summed E-state index contributed by atoms with van der Waals surface area (Å²) in [6.45, 7) is 7.53. The Morgan fingerprint density at radius 1 is 1.25 bits per heavy atom. The van der Waals surface area contributed by atoms with Gasteiger partial charge in [-0.2, -0.15) is 0 Å². The van der Waals surface area contributed by atoms with Crippen molar-refractivity contribution in [3.8, 4) is 5.75 Å². The van der Waals surface area contributed by atoms with E-state index >= 15 is 0 Å². The van der Waals surface area contributed by atoms with Crippen LogP contribution in [-0.4, -0.2) is 31.1 Å². The molecule has 0 spiro atoms. The Balaban J connectivity index is 1.68. The summed E-state index contributed by atoms with van der Waals surface area (Å²) in [5.74, 6) is 2.61. The second-order valence-electron chi connectivity index (χ2n) is 5.99. The van der Waals surface area contributed by atoms with Gasteiger partial charge in [0.05, 0.1) is 6.61 Å². The number of ether oxygens (including phenoxy) is 1. The smallest absolute Gasteiger partial charge is 0.317 e. The number of carbonyl (C=O) groups is 1. The zero-order valence-electron chi connectivity index (χ0n) is 14.9. The summed E-state index contributed by atoms with van der Waals surface area (Å²) in [5.41, 5.74) is 2.13. The van der Waals surface area contributed by atoms with E-state index in [0.29, 0.717) is 19.7 Å². The van der Waals surface area contributed by atoms with Crippen LogP contribution in [0.4, 0.5) is 4.79 Å². The number of aryl methyl sites for hydroxylation is 3. The standard InChI is InChI=1S/C19H26N2O3/c1-14-8-5-6-9-18(14)23-11-7-10-21(4)19(22)20-13-17-12-15(2)24-16(17)3/h5-6,8-9,12H,7,10-11,13H2,1-4H3,(H,20,22). The normalized spacial score (nSPS) is 10.5. The van der Waals surface area contributed by atoms with Gasteiger partial charge in [0, 0.05) is 25.7 Å². The van der Waals surface area contributed by atoms with E-state index in [1.54, 1.807) is 11.9 Å². The molecule has 1 aromatic carbocycles. The second kappa shape index (κ2) is 8.43. The minimum Gasteiger partial charge on any atom is -0.493 e. The number of benzene rings is 1. The molecule has 2 rings (SSSR count). The monoisotopic (exact) mass is 330 g/mol. The molecular weight excluding hydrogens is 304 g/mol. The molecule has 0 unspecified atom stereocenters. The van der Waals surface area contributed by atoms with Gasteiger partial charge in [0.2, 0.25) is 0 Å². The molecular formula is C19H26N2O3. The third-order valence-corrected chi connectivity index (χ3v) is 3.91. The maximum atomic E-state index is 12.1. The highest BCUT2D eigenvalue weighted by atomic mass is 16.5. The molecule has 2 aromatic rings. The number of rotatable bonds is 7. The highest BCUT2D eigenvalue weighted by molar-refractivity contribution is 5.73. The summed E-state index contributed by atoms with van der Waals surface area (Å²) >= 11 is 0. The molecule has 130 valence electrons. The number of nitrogens with zero attached hydrogens (tertiary/aromatic N) is 1. The van der Waals surface area contributed by atoms with E-state index in [1.807, 2.05) is 51.1 Å². The fourth-order valence-electron chi connectivity index (χ4n) is 2.47. The SMILES string of the molecule is Cc1cc(CNC(=O)N(C)CCCOc2ccccc2C)c(C)o1. The number of carbonyl (C=O) groups excluding carboxylic acids is 1. The highest BCUT2D eigenvalue weighted by Gasteiger charge is 2.10. The maximum Gasteiger partial charge on any atom is 0.317 e. The van der Waals surface area contributed by atoms with Gasteiger partial charge < -0.3 is 19.4 Å². The molecule has 5 nitrogen and oxygen atoms in total. The summed E-state index contributed by atoms with van der Waals surface area (Å²) < 4.78 is 11.2. The first kappa shape index (κ1) is 17.9. The minimum atomic E-state index is -0.0934. The summed E-state index contributed by atoms with van der Waals surface area (Å²) in [7, 11) is 1.79. The topological polar surface area (TPSA) is 54.7 Å². The summed E-state index contributed by atoms with van der Waals surface area (Å²) in [5, 5.41) is 2.91. The number of para-hydroxylation sites is 1. The molecule has 1 aromatic heterocycles. The van der Waals surface area contributed by atoms with Crippen molar-refractivity contribution in [1.29, 1.82) is 0 Å². The van der Waals surface area contributed by atoms with Crippen LogP contribution in [0, 0.1) is 20.8 Å². The van der Waals surface area contributed by atoms with Gasteiger partial charge in [-0.3, -0.25) is 0 Å². The number of hydrogen-bond donors (Lipinski definition) is 1. The lowest BCUT2D eigenvalue weighted by Crippen LogP contribution is -2.37. The van der Waals surface area contributed by atoms with Gasteiger partial charge in [-0.05, 0) is 44.9 Å². The molecule has 0 radical (unpaired) electrons. The first-order valence-electron chi connectivity index (χ1n) is 8.20. The zero-order valence-corrected chi connectivity index (χ0v) is 14.9. The van der Waals surface area contributed by atoms with Crippen molar-refractivity contribution in [2.45, 2.75) is 33.7 Å². The number of amides is 2. The van der Waals surface area contributed by atoms with Crippen molar-refractivity contribution in [3.05, 3.63) is 53.0 Å². The molecule has 0 aliphatic carbocycles. The van der Waals surface area contributed by atoms with Crippen LogP contribution in [0.15, 0.2) is 34.7 Å². The second-order valence-corrected chi connectivity index (χ2v) is 5.99. The average Bonchev–Trinajstić information content (AvgIpc) is 2.88. The Morgan fingerprint density at radius 3 is 2.67 bits per heavy atom. The van der Waals surface area contributed by atoms with Gasteiger partial charge in [-0.15, -0.1) is 0 Å². The molecule has 5 heteroatoms. The molecule has 0 saturated heterocycles. The van der Waals surface area contributed by atoms with Crippen molar-refractivity contribution in [3.63, 3.8) is 0 Å². The summed E-state index contributed by atoms with van der Waals surface area (Å²) in [6.07, 6.45) is 0.780. The lowest BCUT2D eigenvalue weighted by atomic mass is 10.2. The fourth-order valence-corrected chi connectivity index (χ4v) is 2.47. The van der Waals surface area contributed by atoms with E-state index in [2.05, 4.69) is 5.32 Å². The van der Waals surface area contributed by atoms with Crippen LogP contribution in [0.2, 0.25) is 0 Å².